The van der Waals surface area contributed by atoms with Crippen molar-refractivity contribution in [2.45, 2.75) is 68.0 Å². The molecule has 1 fully saturated rings. The molecular weight excluding hydrogens is 439 g/mol. The zero-order chi connectivity index (χ0) is 22.3. The van der Waals surface area contributed by atoms with E-state index in [1.165, 1.54) is 35.4 Å². The maximum Gasteiger partial charge on any atom is 0.355 e. The molecule has 1 aliphatic rings. The number of carboxylic acids is 1. The number of nitrogens with zero attached hydrogens (tertiary/aromatic N) is 1. The molecule has 0 spiro atoms. The molecule has 0 aliphatic heterocycles. The Labute approximate surface area is 181 Å². The second-order valence-electron chi connectivity index (χ2n) is 7.73. The summed E-state index contributed by atoms with van der Waals surface area (Å²) in [5.74, 6) is -0.362. The number of rotatable bonds is 12. The lowest BCUT2D eigenvalue weighted by atomic mass is 9.90. The molecule has 4 atom stereocenters. The van der Waals surface area contributed by atoms with Crippen molar-refractivity contribution in [3.05, 3.63) is 23.2 Å². The molecule has 1 saturated carbocycles. The predicted molar refractivity (Wildman–Crippen MR) is 110 cm³/mol. The van der Waals surface area contributed by atoms with Crippen LogP contribution in [0.1, 0.15) is 55.9 Å². The lowest BCUT2D eigenvalue weighted by Crippen LogP contribution is -2.26. The summed E-state index contributed by atoms with van der Waals surface area (Å²) >= 11 is 2.68. The number of aliphatic hydroxyl groups is 1. The number of carbonyl (C=O) groups is 2. The van der Waals surface area contributed by atoms with E-state index in [0.29, 0.717) is 29.4 Å². The topological polar surface area (TPSA) is 87.5 Å². The Morgan fingerprint density at radius 2 is 2.20 bits per heavy atom. The van der Waals surface area contributed by atoms with Crippen LogP contribution in [0.2, 0.25) is 0 Å². The normalized spacial score (nSPS) is 22.7. The number of thioether (sulfide) groups is 1. The number of carboxylic acid groups (broad SMARTS) is 1. The number of alkyl halides is 3. The lowest BCUT2D eigenvalue weighted by Gasteiger charge is -2.23. The Balaban J connectivity index is 1.81. The third kappa shape index (κ3) is 7.70. The molecule has 1 unspecified atom stereocenters. The minimum Gasteiger partial charge on any atom is -0.476 e. The van der Waals surface area contributed by atoms with Crippen LogP contribution in [0.5, 0.6) is 0 Å². The average molecular weight is 466 g/mol. The van der Waals surface area contributed by atoms with Gasteiger partial charge in [-0.1, -0.05) is 23.9 Å². The standard InChI is InChI=1S/C20H26F3NO4S2/c1-20(28,9-6-14(21)17(22)23)8-2-3-12-4-5-16(25)13(12)7-10-29-19-24-15(11-30-19)18(26)27/h2-3,11-14,17,28H,4-10H2,1H3,(H,26,27)/b3-2+/t12-,13+,14?,20-/m0/s1. The van der Waals surface area contributed by atoms with Crippen molar-refractivity contribution in [1.82, 2.24) is 4.98 Å². The first-order chi connectivity index (χ1) is 14.1. The predicted octanol–water partition coefficient (Wildman–Crippen LogP) is 5.00. The Morgan fingerprint density at radius 1 is 1.47 bits per heavy atom. The summed E-state index contributed by atoms with van der Waals surface area (Å²) in [4.78, 5) is 27.1. The smallest absolute Gasteiger partial charge is 0.355 e. The highest BCUT2D eigenvalue weighted by Gasteiger charge is 2.33. The summed E-state index contributed by atoms with van der Waals surface area (Å²) < 4.78 is 38.2. The highest BCUT2D eigenvalue weighted by atomic mass is 32.2. The molecule has 10 heteroatoms. The van der Waals surface area contributed by atoms with Gasteiger partial charge in [0, 0.05) is 23.5 Å². The maximum absolute atomic E-state index is 13.0. The molecule has 0 radical (unpaired) electrons. The third-order valence-corrected chi connectivity index (χ3v) is 7.24. The first-order valence-electron chi connectivity index (χ1n) is 9.74. The van der Waals surface area contributed by atoms with Gasteiger partial charge in [-0.2, -0.15) is 0 Å². The SMILES string of the molecule is C[C@](O)(C/C=C/[C@H]1CCC(=O)[C@@H]1CCSc1nc(C(=O)O)cs1)CCC(F)C(F)F. The van der Waals surface area contributed by atoms with Crippen LogP contribution in [0.4, 0.5) is 13.2 Å². The van der Waals surface area contributed by atoms with Crippen molar-refractivity contribution in [2.24, 2.45) is 11.8 Å². The molecule has 1 aromatic heterocycles. The summed E-state index contributed by atoms with van der Waals surface area (Å²) in [5.41, 5.74) is -1.27. The highest BCUT2D eigenvalue weighted by molar-refractivity contribution is 8.01. The van der Waals surface area contributed by atoms with Gasteiger partial charge in [-0.3, -0.25) is 4.79 Å². The van der Waals surface area contributed by atoms with E-state index in [4.69, 9.17) is 5.11 Å². The molecule has 2 rings (SSSR count). The summed E-state index contributed by atoms with van der Waals surface area (Å²) in [7, 11) is 0. The number of allylic oxidation sites excluding steroid dienone is 1. The fraction of sp³-hybridized carbons (Fsp3) is 0.650. The number of hydrogen-bond acceptors (Lipinski definition) is 6. The number of thiazole rings is 1. The second kappa shape index (κ2) is 11.3. The molecule has 1 heterocycles. The Bertz CT molecular complexity index is 754. The minimum atomic E-state index is -3.04. The number of halogens is 3. The minimum absolute atomic E-state index is 0.0138. The van der Waals surface area contributed by atoms with E-state index in [9.17, 15) is 27.9 Å². The van der Waals surface area contributed by atoms with Crippen LogP contribution in [-0.4, -0.2) is 50.9 Å². The van der Waals surface area contributed by atoms with Gasteiger partial charge in [-0.25, -0.2) is 22.9 Å². The van der Waals surface area contributed by atoms with Gasteiger partial charge in [0.25, 0.3) is 6.43 Å². The number of aromatic carboxylic acids is 1. The van der Waals surface area contributed by atoms with Crippen LogP contribution >= 0.6 is 23.1 Å². The van der Waals surface area contributed by atoms with Crippen molar-refractivity contribution < 1.29 is 33.0 Å². The number of hydrogen-bond donors (Lipinski definition) is 2. The van der Waals surface area contributed by atoms with E-state index in [1.54, 1.807) is 6.08 Å². The van der Waals surface area contributed by atoms with Gasteiger partial charge in [0.05, 0.1) is 5.60 Å². The van der Waals surface area contributed by atoms with E-state index in [2.05, 4.69) is 4.98 Å². The van der Waals surface area contributed by atoms with Crippen molar-refractivity contribution in [3.8, 4) is 0 Å². The summed E-state index contributed by atoms with van der Waals surface area (Å²) in [6, 6.07) is 0. The quantitative estimate of drug-likeness (QED) is 0.334. The first-order valence-corrected chi connectivity index (χ1v) is 11.6. The van der Waals surface area contributed by atoms with Crippen LogP contribution in [0.3, 0.4) is 0 Å². The zero-order valence-corrected chi connectivity index (χ0v) is 18.2. The van der Waals surface area contributed by atoms with Crippen molar-refractivity contribution in [1.29, 1.82) is 0 Å². The number of ketones is 1. The summed E-state index contributed by atoms with van der Waals surface area (Å²) in [6.07, 6.45) is -0.0803. The molecule has 0 aromatic carbocycles. The molecular formula is C20H26F3NO4S2. The highest BCUT2D eigenvalue weighted by Crippen LogP contribution is 2.35. The summed E-state index contributed by atoms with van der Waals surface area (Å²) in [6.45, 7) is 1.49. The van der Waals surface area contributed by atoms with Crippen molar-refractivity contribution in [2.75, 3.05) is 5.75 Å². The lowest BCUT2D eigenvalue weighted by molar-refractivity contribution is -0.121. The number of carbonyl (C=O) groups excluding carboxylic acids is 1. The van der Waals surface area contributed by atoms with E-state index < -0.39 is 30.6 Å². The van der Waals surface area contributed by atoms with Crippen LogP contribution < -0.4 is 0 Å². The van der Waals surface area contributed by atoms with Gasteiger partial charge in [0.1, 0.15) is 5.78 Å². The van der Waals surface area contributed by atoms with Crippen LogP contribution in [-0.2, 0) is 4.79 Å². The first kappa shape index (κ1) is 24.9. The number of aromatic nitrogens is 1. The zero-order valence-electron chi connectivity index (χ0n) is 16.6. The molecule has 30 heavy (non-hydrogen) atoms. The fourth-order valence-electron chi connectivity index (χ4n) is 3.41. The van der Waals surface area contributed by atoms with Gasteiger partial charge < -0.3 is 10.2 Å². The molecule has 0 bridgehead atoms. The molecule has 0 saturated heterocycles. The van der Waals surface area contributed by atoms with Gasteiger partial charge in [-0.15, -0.1) is 11.3 Å². The van der Waals surface area contributed by atoms with Gasteiger partial charge in [0.2, 0.25) is 0 Å². The fourth-order valence-corrected chi connectivity index (χ4v) is 5.30. The number of Topliss-reactive ketones (excluding diaryl/α,β-unsaturated/α-hetero) is 1. The van der Waals surface area contributed by atoms with E-state index >= 15 is 0 Å². The largest absolute Gasteiger partial charge is 0.476 e. The van der Waals surface area contributed by atoms with E-state index in [-0.39, 0.29) is 36.2 Å². The Kier molecular flexibility index (Phi) is 9.36. The Morgan fingerprint density at radius 3 is 2.83 bits per heavy atom. The second-order valence-corrected chi connectivity index (χ2v) is 9.93. The molecule has 1 aliphatic carbocycles. The van der Waals surface area contributed by atoms with E-state index in [0.717, 1.165) is 0 Å². The molecule has 2 N–H and O–H groups in total. The van der Waals surface area contributed by atoms with Crippen molar-refractivity contribution >= 4 is 34.9 Å². The molecule has 0 amide bonds. The monoisotopic (exact) mass is 465 g/mol. The van der Waals surface area contributed by atoms with Gasteiger partial charge in [0.15, 0.2) is 16.2 Å². The van der Waals surface area contributed by atoms with E-state index in [1.807, 2.05) is 6.08 Å². The third-order valence-electron chi connectivity index (χ3n) is 5.18. The molecule has 5 nitrogen and oxygen atoms in total. The molecule has 168 valence electrons. The van der Waals surface area contributed by atoms with Crippen LogP contribution in [0.25, 0.3) is 0 Å². The Hall–Kier alpha value is -1.39. The average Bonchev–Trinajstić information content (AvgIpc) is 3.28. The molecule has 1 aromatic rings. The van der Waals surface area contributed by atoms with Crippen LogP contribution in [0, 0.1) is 11.8 Å². The van der Waals surface area contributed by atoms with Crippen molar-refractivity contribution in [3.63, 3.8) is 0 Å². The van der Waals surface area contributed by atoms with Crippen LogP contribution in [0.15, 0.2) is 21.9 Å². The summed E-state index contributed by atoms with van der Waals surface area (Å²) in [5, 5.41) is 20.6. The van der Waals surface area contributed by atoms with Gasteiger partial charge in [-0.05, 0) is 44.9 Å². The van der Waals surface area contributed by atoms with Gasteiger partial charge >= 0.3 is 5.97 Å². The maximum atomic E-state index is 13.0.